The lowest BCUT2D eigenvalue weighted by atomic mass is 9.85. The van der Waals surface area contributed by atoms with Gasteiger partial charge in [-0.05, 0) is 65.8 Å². The second-order valence-corrected chi connectivity index (χ2v) is 9.19. The summed E-state index contributed by atoms with van der Waals surface area (Å²) in [6, 6.07) is 11.6. The predicted molar refractivity (Wildman–Crippen MR) is 130 cm³/mol. The Balaban J connectivity index is 1.39. The fraction of sp³-hybridized carbons (Fsp3) is 0.462. The van der Waals surface area contributed by atoms with Crippen molar-refractivity contribution in [1.29, 1.82) is 0 Å². The van der Waals surface area contributed by atoms with Crippen molar-refractivity contribution in [3.63, 3.8) is 0 Å². The molecule has 0 bridgehead atoms. The number of anilines is 1. The Morgan fingerprint density at radius 2 is 1.94 bits per heavy atom. The Kier molecular flexibility index (Phi) is 6.47. The van der Waals surface area contributed by atoms with Gasteiger partial charge in [0.25, 0.3) is 0 Å². The van der Waals surface area contributed by atoms with Crippen LogP contribution in [0.5, 0.6) is 11.5 Å². The molecule has 2 saturated carbocycles. The molecule has 2 N–H and O–H groups in total. The van der Waals surface area contributed by atoms with Crippen LogP contribution in [0.15, 0.2) is 36.4 Å². The van der Waals surface area contributed by atoms with Gasteiger partial charge in [-0.2, -0.15) is 5.21 Å². The van der Waals surface area contributed by atoms with Crippen molar-refractivity contribution in [1.82, 2.24) is 20.6 Å². The van der Waals surface area contributed by atoms with Crippen LogP contribution in [0.4, 0.5) is 5.69 Å². The highest BCUT2D eigenvalue weighted by molar-refractivity contribution is 5.96. The number of ether oxygens (including phenoxy) is 2. The van der Waals surface area contributed by atoms with Gasteiger partial charge in [0.15, 0.2) is 11.5 Å². The summed E-state index contributed by atoms with van der Waals surface area (Å²) in [6.07, 6.45) is 7.51. The maximum Gasteiger partial charge on any atom is 0.227 e. The zero-order chi connectivity index (χ0) is 23.5. The second kappa shape index (κ2) is 9.83. The number of hydrogen-bond acceptors (Lipinski definition) is 6. The van der Waals surface area contributed by atoms with E-state index in [2.05, 4.69) is 25.9 Å². The summed E-state index contributed by atoms with van der Waals surface area (Å²) in [5, 5.41) is 17.8. The Bertz CT molecular complexity index is 1140. The highest BCUT2D eigenvalue weighted by Crippen LogP contribution is 2.50. The number of benzene rings is 2. The Morgan fingerprint density at radius 1 is 1.09 bits per heavy atom. The van der Waals surface area contributed by atoms with E-state index in [-0.39, 0.29) is 11.8 Å². The van der Waals surface area contributed by atoms with E-state index in [1.807, 2.05) is 43.3 Å². The van der Waals surface area contributed by atoms with Gasteiger partial charge < -0.3 is 14.8 Å². The van der Waals surface area contributed by atoms with E-state index in [1.54, 1.807) is 7.11 Å². The standard InChI is InChI=1S/C26H31N5O3/c1-3-34-23-12-9-17(13-24(23)33-2)19-11-10-18(14-21(19)25-28-30-31-29-25)27-26(32)22-15-20(22)16-7-5-4-6-8-16/h9-14,16,20,22H,3-8,15H2,1-2H3,(H,27,32)(H,28,29,30,31)/t20-,22+/m0/s1. The first-order chi connectivity index (χ1) is 16.7. The number of H-pyrrole nitrogens is 1. The van der Waals surface area contributed by atoms with E-state index in [4.69, 9.17) is 9.47 Å². The van der Waals surface area contributed by atoms with Gasteiger partial charge in [-0.3, -0.25) is 4.79 Å². The lowest BCUT2D eigenvalue weighted by Gasteiger charge is -2.21. The molecule has 5 rings (SSSR count). The van der Waals surface area contributed by atoms with Crippen molar-refractivity contribution in [3.8, 4) is 34.0 Å². The van der Waals surface area contributed by atoms with Crippen LogP contribution in [0.2, 0.25) is 0 Å². The molecule has 1 heterocycles. The molecule has 0 saturated heterocycles. The number of nitrogens with one attached hydrogen (secondary N) is 2. The van der Waals surface area contributed by atoms with Gasteiger partial charge in [0.2, 0.25) is 11.7 Å². The number of carbonyl (C=O) groups is 1. The van der Waals surface area contributed by atoms with Crippen molar-refractivity contribution in [2.24, 2.45) is 17.8 Å². The zero-order valence-corrected chi connectivity index (χ0v) is 19.7. The minimum absolute atomic E-state index is 0.116. The molecule has 0 unspecified atom stereocenters. The van der Waals surface area contributed by atoms with E-state index in [1.165, 1.54) is 32.1 Å². The Labute approximate surface area is 199 Å². The van der Waals surface area contributed by atoms with Gasteiger partial charge in [-0.1, -0.05) is 44.2 Å². The average Bonchev–Trinajstić information content (AvgIpc) is 3.50. The van der Waals surface area contributed by atoms with Gasteiger partial charge in [-0.15, -0.1) is 10.2 Å². The largest absolute Gasteiger partial charge is 0.493 e. The first-order valence-corrected chi connectivity index (χ1v) is 12.2. The molecule has 3 aromatic rings. The molecular formula is C26H31N5O3. The molecule has 34 heavy (non-hydrogen) atoms. The molecule has 8 nitrogen and oxygen atoms in total. The third-order valence-electron chi connectivity index (χ3n) is 7.08. The highest BCUT2D eigenvalue weighted by Gasteiger charge is 2.47. The number of methoxy groups -OCH3 is 1. The molecule has 0 radical (unpaired) electrons. The van der Waals surface area contributed by atoms with Crippen LogP contribution in [0.25, 0.3) is 22.5 Å². The summed E-state index contributed by atoms with van der Waals surface area (Å²) in [5.74, 6) is 3.32. The second-order valence-electron chi connectivity index (χ2n) is 9.19. The summed E-state index contributed by atoms with van der Waals surface area (Å²) in [5.41, 5.74) is 3.35. The molecule has 2 aromatic carbocycles. The summed E-state index contributed by atoms with van der Waals surface area (Å²) in [4.78, 5) is 13.0. The Hall–Kier alpha value is -3.42. The summed E-state index contributed by atoms with van der Waals surface area (Å²) in [6.45, 7) is 2.49. The van der Waals surface area contributed by atoms with Crippen molar-refractivity contribution in [3.05, 3.63) is 36.4 Å². The molecule has 1 amide bonds. The fourth-order valence-corrected chi connectivity index (χ4v) is 5.28. The van der Waals surface area contributed by atoms with Gasteiger partial charge >= 0.3 is 0 Å². The van der Waals surface area contributed by atoms with Crippen LogP contribution in [-0.4, -0.2) is 40.2 Å². The number of nitrogens with zero attached hydrogens (tertiary/aromatic N) is 3. The average molecular weight is 462 g/mol. The third-order valence-corrected chi connectivity index (χ3v) is 7.08. The van der Waals surface area contributed by atoms with E-state index in [9.17, 15) is 4.79 Å². The van der Waals surface area contributed by atoms with E-state index >= 15 is 0 Å². The molecular weight excluding hydrogens is 430 g/mol. The van der Waals surface area contributed by atoms with E-state index in [0.29, 0.717) is 29.8 Å². The molecule has 8 heteroatoms. The molecule has 2 aliphatic carbocycles. The highest BCUT2D eigenvalue weighted by atomic mass is 16.5. The molecule has 178 valence electrons. The molecule has 2 fully saturated rings. The lowest BCUT2D eigenvalue weighted by Crippen LogP contribution is -2.18. The van der Waals surface area contributed by atoms with Crippen LogP contribution in [0, 0.1) is 17.8 Å². The van der Waals surface area contributed by atoms with Crippen LogP contribution < -0.4 is 14.8 Å². The minimum atomic E-state index is 0.116. The molecule has 2 aliphatic rings. The minimum Gasteiger partial charge on any atom is -0.493 e. The first-order valence-electron chi connectivity index (χ1n) is 12.2. The molecule has 2 atom stereocenters. The van der Waals surface area contributed by atoms with E-state index < -0.39 is 0 Å². The van der Waals surface area contributed by atoms with Crippen LogP contribution in [0.3, 0.4) is 0 Å². The number of amides is 1. The number of hydrogen-bond donors (Lipinski definition) is 2. The van der Waals surface area contributed by atoms with Crippen molar-refractivity contribution in [2.45, 2.75) is 45.4 Å². The quantitative estimate of drug-likeness (QED) is 0.484. The lowest BCUT2D eigenvalue weighted by molar-refractivity contribution is -0.117. The number of aromatic amines is 1. The molecule has 0 aliphatic heterocycles. The normalized spacial score (nSPS) is 20.1. The smallest absolute Gasteiger partial charge is 0.227 e. The summed E-state index contributed by atoms with van der Waals surface area (Å²) in [7, 11) is 1.62. The van der Waals surface area contributed by atoms with Crippen molar-refractivity contribution < 1.29 is 14.3 Å². The number of aromatic nitrogens is 4. The zero-order valence-electron chi connectivity index (χ0n) is 19.7. The van der Waals surface area contributed by atoms with Gasteiger partial charge in [0.05, 0.1) is 13.7 Å². The van der Waals surface area contributed by atoms with Crippen LogP contribution >= 0.6 is 0 Å². The number of rotatable bonds is 8. The van der Waals surface area contributed by atoms with Gasteiger partial charge in [0.1, 0.15) is 0 Å². The molecule has 1 aromatic heterocycles. The SMILES string of the molecule is CCOc1ccc(-c2ccc(NC(=O)[C@@H]3C[C@H]3C3CCCCC3)cc2-c2nn[nH]n2)cc1OC. The van der Waals surface area contributed by atoms with Crippen molar-refractivity contribution in [2.75, 3.05) is 19.0 Å². The monoisotopic (exact) mass is 461 g/mol. The van der Waals surface area contributed by atoms with Gasteiger partial charge in [0, 0.05) is 17.2 Å². The first kappa shape index (κ1) is 22.4. The van der Waals surface area contributed by atoms with Gasteiger partial charge in [-0.25, -0.2) is 0 Å². The van der Waals surface area contributed by atoms with Crippen LogP contribution in [0.1, 0.15) is 45.4 Å². The van der Waals surface area contributed by atoms with Crippen LogP contribution in [-0.2, 0) is 4.79 Å². The number of carbonyl (C=O) groups excluding carboxylic acids is 1. The topological polar surface area (TPSA) is 102 Å². The maximum absolute atomic E-state index is 13.0. The summed E-state index contributed by atoms with van der Waals surface area (Å²) >= 11 is 0. The van der Waals surface area contributed by atoms with Crippen molar-refractivity contribution >= 4 is 11.6 Å². The Morgan fingerprint density at radius 3 is 2.68 bits per heavy atom. The van der Waals surface area contributed by atoms with E-state index in [0.717, 1.165) is 34.7 Å². The molecule has 0 spiro atoms. The summed E-state index contributed by atoms with van der Waals surface area (Å²) < 4.78 is 11.2. The third kappa shape index (κ3) is 4.62. The predicted octanol–water partition coefficient (Wildman–Crippen LogP) is 5.10. The fourth-order valence-electron chi connectivity index (χ4n) is 5.28. The maximum atomic E-state index is 13.0. The number of tetrazole rings is 1.